The molecule has 5 N–H and O–H groups in total. The number of nitrogens with two attached hydrogens (primary N) is 1. The fourth-order valence-corrected chi connectivity index (χ4v) is 3.51. The molecule has 0 spiro atoms. The molecule has 0 aliphatic carbocycles. The van der Waals surface area contributed by atoms with E-state index in [0.29, 0.717) is 38.8 Å². The number of hydrogen-bond donors (Lipinski definition) is 4. The largest absolute Gasteiger partial charge is 0.475 e. The average molecular weight is 354 g/mol. The van der Waals surface area contributed by atoms with Crippen LogP contribution >= 0.6 is 0 Å². The number of rotatable bonds is 5. The van der Waals surface area contributed by atoms with Gasteiger partial charge in [-0.3, -0.25) is 14.4 Å². The van der Waals surface area contributed by atoms with Gasteiger partial charge in [0.05, 0.1) is 12.0 Å². The highest BCUT2D eigenvalue weighted by Crippen LogP contribution is 2.25. The van der Waals surface area contributed by atoms with E-state index < -0.39 is 37.1 Å². The molecule has 2 rings (SSSR count). The maximum atomic E-state index is 12.8. The third kappa shape index (κ3) is 4.31. The highest BCUT2D eigenvalue weighted by atomic mass is 16.4. The molecule has 25 heavy (non-hydrogen) atoms. The predicted molar refractivity (Wildman–Crippen MR) is 90.9 cm³/mol. The maximum absolute atomic E-state index is 12.8. The highest BCUT2D eigenvalue weighted by Gasteiger charge is 2.43. The Labute approximate surface area is 147 Å². The van der Waals surface area contributed by atoms with Crippen molar-refractivity contribution < 1.29 is 24.4 Å². The Hall–Kier alpha value is -1.65. The molecule has 10 heteroatoms. The first-order chi connectivity index (χ1) is 11.7. The van der Waals surface area contributed by atoms with Crippen molar-refractivity contribution in [3.8, 4) is 0 Å². The summed E-state index contributed by atoms with van der Waals surface area (Å²) >= 11 is 0. The molecule has 2 heterocycles. The van der Waals surface area contributed by atoms with Crippen molar-refractivity contribution in [1.29, 1.82) is 0 Å². The van der Waals surface area contributed by atoms with Gasteiger partial charge in [-0.2, -0.15) is 0 Å². The summed E-state index contributed by atoms with van der Waals surface area (Å²) in [7, 11) is -1.58. The van der Waals surface area contributed by atoms with Gasteiger partial charge in [0, 0.05) is 13.1 Å². The van der Waals surface area contributed by atoms with E-state index in [1.165, 1.54) is 16.7 Å². The lowest BCUT2D eigenvalue weighted by Crippen LogP contribution is -2.56. The summed E-state index contributed by atoms with van der Waals surface area (Å²) in [6, 6.07) is -2.12. The van der Waals surface area contributed by atoms with Crippen LogP contribution in [0.1, 0.15) is 39.5 Å². The standard InChI is InChI=1S/C15H27BN4O5/c1-9(17)13(21)18-10(2)14(22)19-7-3-5-11(19)15(23)20-8-4-6-12(20)16(24)25/h9-12,24-25H,3-8,17H2,1-2H3,(H,18,21)/t9?,10-,11-,12-/m0/s1. The summed E-state index contributed by atoms with van der Waals surface area (Å²) in [5, 5.41) is 21.5. The molecule has 2 aliphatic heterocycles. The van der Waals surface area contributed by atoms with Crippen LogP contribution in [0.25, 0.3) is 0 Å². The minimum absolute atomic E-state index is 0.257. The van der Waals surface area contributed by atoms with Crippen molar-refractivity contribution in [3.05, 3.63) is 0 Å². The number of carbonyl (C=O) groups is 3. The summed E-state index contributed by atoms with van der Waals surface area (Å²) in [4.78, 5) is 40.1. The topological polar surface area (TPSA) is 136 Å². The first-order valence-electron chi connectivity index (χ1n) is 8.77. The lowest BCUT2D eigenvalue weighted by molar-refractivity contribution is -0.145. The minimum Gasteiger partial charge on any atom is -0.426 e. The van der Waals surface area contributed by atoms with Crippen molar-refractivity contribution in [2.45, 2.75) is 63.6 Å². The van der Waals surface area contributed by atoms with Gasteiger partial charge < -0.3 is 30.9 Å². The summed E-state index contributed by atoms with van der Waals surface area (Å²) in [6.07, 6.45) is 2.46. The Morgan fingerprint density at radius 3 is 2.32 bits per heavy atom. The van der Waals surface area contributed by atoms with E-state index >= 15 is 0 Å². The monoisotopic (exact) mass is 354 g/mol. The van der Waals surface area contributed by atoms with Gasteiger partial charge in [-0.15, -0.1) is 0 Å². The fraction of sp³-hybridized carbons (Fsp3) is 0.800. The first kappa shape index (κ1) is 19.7. The zero-order valence-corrected chi connectivity index (χ0v) is 14.7. The molecule has 3 amide bonds. The fourth-order valence-electron chi connectivity index (χ4n) is 3.51. The van der Waals surface area contributed by atoms with Crippen LogP contribution in [0.15, 0.2) is 0 Å². The molecule has 0 radical (unpaired) electrons. The van der Waals surface area contributed by atoms with Gasteiger partial charge in [-0.05, 0) is 39.5 Å². The zero-order valence-electron chi connectivity index (χ0n) is 14.7. The molecule has 0 aromatic heterocycles. The Kier molecular flexibility index (Phi) is 6.42. The van der Waals surface area contributed by atoms with E-state index in [1.807, 2.05) is 0 Å². The van der Waals surface area contributed by atoms with Crippen LogP contribution in [0.4, 0.5) is 0 Å². The molecular formula is C15H27BN4O5. The predicted octanol–water partition coefficient (Wildman–Crippen LogP) is -2.17. The van der Waals surface area contributed by atoms with Crippen LogP contribution in [-0.4, -0.2) is 81.8 Å². The van der Waals surface area contributed by atoms with Gasteiger partial charge in [-0.1, -0.05) is 0 Å². The van der Waals surface area contributed by atoms with Gasteiger partial charge in [0.25, 0.3) is 0 Å². The van der Waals surface area contributed by atoms with Gasteiger partial charge in [0.15, 0.2) is 0 Å². The van der Waals surface area contributed by atoms with Crippen LogP contribution in [0, 0.1) is 0 Å². The number of nitrogens with zero attached hydrogens (tertiary/aromatic N) is 2. The first-order valence-corrected chi connectivity index (χ1v) is 8.77. The molecule has 2 aliphatic rings. The Morgan fingerprint density at radius 2 is 1.72 bits per heavy atom. The van der Waals surface area contributed by atoms with Crippen LogP contribution in [0.5, 0.6) is 0 Å². The Morgan fingerprint density at radius 1 is 1.12 bits per heavy atom. The molecule has 4 atom stereocenters. The maximum Gasteiger partial charge on any atom is 0.475 e. The molecule has 0 saturated carbocycles. The lowest BCUT2D eigenvalue weighted by Gasteiger charge is -2.32. The summed E-state index contributed by atoms with van der Waals surface area (Å²) in [6.45, 7) is 3.99. The number of carbonyl (C=O) groups excluding carboxylic acids is 3. The second-order valence-corrected chi connectivity index (χ2v) is 6.86. The Balaban J connectivity index is 2.05. The highest BCUT2D eigenvalue weighted by molar-refractivity contribution is 6.43. The van der Waals surface area contributed by atoms with E-state index in [9.17, 15) is 24.4 Å². The average Bonchev–Trinajstić information content (AvgIpc) is 3.22. The van der Waals surface area contributed by atoms with E-state index in [2.05, 4.69) is 5.32 Å². The second kappa shape index (κ2) is 8.16. The molecule has 0 bridgehead atoms. The van der Waals surface area contributed by atoms with Crippen LogP contribution in [-0.2, 0) is 14.4 Å². The van der Waals surface area contributed by atoms with Crippen LogP contribution < -0.4 is 11.1 Å². The summed E-state index contributed by atoms with van der Waals surface area (Å²) in [5.74, 6) is -1.64. The minimum atomic E-state index is -1.58. The molecule has 1 unspecified atom stereocenters. The third-order valence-electron chi connectivity index (χ3n) is 4.89. The zero-order chi connectivity index (χ0) is 18.7. The number of likely N-dealkylation sites (tertiary alicyclic amines) is 2. The molecular weight excluding hydrogens is 327 g/mol. The summed E-state index contributed by atoms with van der Waals surface area (Å²) in [5.41, 5.74) is 5.49. The van der Waals surface area contributed by atoms with Crippen molar-refractivity contribution in [3.63, 3.8) is 0 Å². The van der Waals surface area contributed by atoms with Gasteiger partial charge in [-0.25, -0.2) is 0 Å². The smallest absolute Gasteiger partial charge is 0.426 e. The molecule has 9 nitrogen and oxygen atoms in total. The molecule has 2 fully saturated rings. The molecule has 0 aromatic rings. The van der Waals surface area contributed by atoms with Crippen molar-refractivity contribution in [2.75, 3.05) is 13.1 Å². The van der Waals surface area contributed by atoms with Crippen LogP contribution in [0.2, 0.25) is 0 Å². The van der Waals surface area contributed by atoms with Gasteiger partial charge in [0.1, 0.15) is 12.1 Å². The van der Waals surface area contributed by atoms with E-state index in [-0.39, 0.29) is 11.8 Å². The third-order valence-corrected chi connectivity index (χ3v) is 4.89. The van der Waals surface area contributed by atoms with Crippen molar-refractivity contribution in [2.24, 2.45) is 5.73 Å². The normalized spacial score (nSPS) is 25.6. The van der Waals surface area contributed by atoms with E-state index in [1.54, 1.807) is 6.92 Å². The SMILES string of the molecule is CC(N)C(=O)N[C@@H](C)C(=O)N1CCC[C@H]1C(=O)N1CCC[C@H]1B(O)O. The summed E-state index contributed by atoms with van der Waals surface area (Å²) < 4.78 is 0. The molecule has 140 valence electrons. The van der Waals surface area contributed by atoms with Gasteiger partial charge >= 0.3 is 7.12 Å². The molecule has 2 saturated heterocycles. The van der Waals surface area contributed by atoms with Gasteiger partial charge in [0.2, 0.25) is 17.7 Å². The number of nitrogens with one attached hydrogen (secondary N) is 1. The Bertz CT molecular complexity index is 530. The van der Waals surface area contributed by atoms with Crippen LogP contribution in [0.3, 0.4) is 0 Å². The number of amides is 3. The lowest BCUT2D eigenvalue weighted by atomic mass is 9.77. The van der Waals surface area contributed by atoms with E-state index in [0.717, 1.165) is 0 Å². The van der Waals surface area contributed by atoms with Crippen molar-refractivity contribution in [1.82, 2.24) is 15.1 Å². The number of hydrogen-bond acceptors (Lipinski definition) is 6. The van der Waals surface area contributed by atoms with E-state index in [4.69, 9.17) is 5.73 Å². The molecule has 0 aromatic carbocycles. The second-order valence-electron chi connectivity index (χ2n) is 6.86. The van der Waals surface area contributed by atoms with Crippen molar-refractivity contribution >= 4 is 24.8 Å². The quantitative estimate of drug-likeness (QED) is 0.415.